The van der Waals surface area contributed by atoms with Gasteiger partial charge in [0.1, 0.15) is 12.2 Å². The van der Waals surface area contributed by atoms with E-state index in [1.165, 1.54) is 6.92 Å². The fourth-order valence-corrected chi connectivity index (χ4v) is 2.23. The quantitative estimate of drug-likeness (QED) is 0.775. The van der Waals surface area contributed by atoms with Gasteiger partial charge < -0.3 is 9.47 Å². The van der Waals surface area contributed by atoms with Gasteiger partial charge in [-0.2, -0.15) is 0 Å². The number of rotatable bonds is 5. The van der Waals surface area contributed by atoms with Gasteiger partial charge in [0.25, 0.3) is 0 Å². The van der Waals surface area contributed by atoms with Crippen molar-refractivity contribution in [1.29, 1.82) is 0 Å². The van der Waals surface area contributed by atoms with Crippen LogP contribution in [0.25, 0.3) is 0 Å². The van der Waals surface area contributed by atoms with Gasteiger partial charge in [0.15, 0.2) is 0 Å². The molecule has 120 valence electrons. The second kappa shape index (κ2) is 7.58. The van der Waals surface area contributed by atoms with Crippen LogP contribution in [0.15, 0.2) is 54.6 Å². The van der Waals surface area contributed by atoms with Crippen LogP contribution < -0.4 is 0 Å². The molecular formula is C19H20O4. The average molecular weight is 312 g/mol. The SMILES string of the molecule is CC(=O)OC(C)c1ccc(C(=O)OC(C)c2ccccc2)cc1. The van der Waals surface area contributed by atoms with E-state index in [1.54, 1.807) is 31.2 Å². The molecule has 23 heavy (non-hydrogen) atoms. The molecule has 0 saturated heterocycles. The minimum Gasteiger partial charge on any atom is -0.458 e. The molecule has 0 saturated carbocycles. The van der Waals surface area contributed by atoms with Gasteiger partial charge in [-0.05, 0) is 37.1 Å². The molecule has 0 amide bonds. The van der Waals surface area contributed by atoms with Gasteiger partial charge in [-0.3, -0.25) is 4.79 Å². The molecule has 4 heteroatoms. The van der Waals surface area contributed by atoms with Crippen molar-refractivity contribution in [3.8, 4) is 0 Å². The molecule has 2 aromatic carbocycles. The lowest BCUT2D eigenvalue weighted by atomic mass is 10.1. The zero-order valence-electron chi connectivity index (χ0n) is 13.5. The van der Waals surface area contributed by atoms with Crippen LogP contribution in [0.5, 0.6) is 0 Å². The van der Waals surface area contributed by atoms with Crippen molar-refractivity contribution in [1.82, 2.24) is 0 Å². The average Bonchev–Trinajstić information content (AvgIpc) is 2.55. The molecule has 0 N–H and O–H groups in total. The van der Waals surface area contributed by atoms with Gasteiger partial charge in [0.2, 0.25) is 0 Å². The molecule has 0 aromatic heterocycles. The van der Waals surface area contributed by atoms with E-state index in [1.807, 2.05) is 37.3 Å². The number of carbonyl (C=O) groups is 2. The number of carbonyl (C=O) groups excluding carboxylic acids is 2. The minimum atomic E-state index is -0.381. The van der Waals surface area contributed by atoms with Gasteiger partial charge in [0, 0.05) is 6.92 Å². The topological polar surface area (TPSA) is 52.6 Å². The molecule has 0 heterocycles. The third-order valence-corrected chi connectivity index (χ3v) is 3.51. The highest BCUT2D eigenvalue weighted by Crippen LogP contribution is 2.20. The number of benzene rings is 2. The van der Waals surface area contributed by atoms with E-state index < -0.39 is 0 Å². The molecule has 0 aliphatic rings. The monoisotopic (exact) mass is 312 g/mol. The van der Waals surface area contributed by atoms with Crippen LogP contribution in [-0.4, -0.2) is 11.9 Å². The van der Waals surface area contributed by atoms with Gasteiger partial charge in [0.05, 0.1) is 5.56 Å². The molecule has 2 atom stereocenters. The zero-order chi connectivity index (χ0) is 16.8. The number of hydrogen-bond acceptors (Lipinski definition) is 4. The van der Waals surface area contributed by atoms with Crippen molar-refractivity contribution in [3.05, 3.63) is 71.3 Å². The Balaban J connectivity index is 2.01. The standard InChI is InChI=1S/C19H20O4/c1-13(22-15(3)20)17-9-11-18(12-10-17)19(21)23-14(2)16-7-5-4-6-8-16/h4-14H,1-3H3. The van der Waals surface area contributed by atoms with Crippen molar-refractivity contribution in [2.45, 2.75) is 33.0 Å². The Morgan fingerprint density at radius 2 is 1.30 bits per heavy atom. The molecule has 4 nitrogen and oxygen atoms in total. The summed E-state index contributed by atoms with van der Waals surface area (Å²) in [5.74, 6) is -0.717. The summed E-state index contributed by atoms with van der Waals surface area (Å²) >= 11 is 0. The lowest BCUT2D eigenvalue weighted by Gasteiger charge is -2.15. The van der Waals surface area contributed by atoms with E-state index in [0.717, 1.165) is 11.1 Å². The number of hydrogen-bond donors (Lipinski definition) is 0. The van der Waals surface area contributed by atoms with Crippen LogP contribution in [0.4, 0.5) is 0 Å². The summed E-state index contributed by atoms with van der Waals surface area (Å²) < 4.78 is 10.6. The van der Waals surface area contributed by atoms with E-state index in [9.17, 15) is 9.59 Å². The first-order valence-electron chi connectivity index (χ1n) is 7.50. The molecule has 2 unspecified atom stereocenters. The highest BCUT2D eigenvalue weighted by molar-refractivity contribution is 5.89. The van der Waals surface area contributed by atoms with Gasteiger partial charge in [-0.25, -0.2) is 4.79 Å². The van der Waals surface area contributed by atoms with Gasteiger partial charge in [-0.1, -0.05) is 42.5 Å². The van der Waals surface area contributed by atoms with Crippen LogP contribution >= 0.6 is 0 Å². The summed E-state index contributed by atoms with van der Waals surface area (Å²) in [6.45, 7) is 4.99. The van der Waals surface area contributed by atoms with Gasteiger partial charge >= 0.3 is 11.9 Å². The summed E-state index contributed by atoms with van der Waals surface area (Å²) in [6.07, 6.45) is -0.663. The van der Waals surface area contributed by atoms with Gasteiger partial charge in [-0.15, -0.1) is 0 Å². The fourth-order valence-electron chi connectivity index (χ4n) is 2.23. The molecule has 2 rings (SSSR count). The van der Waals surface area contributed by atoms with Crippen LogP contribution in [0.3, 0.4) is 0 Å². The first-order chi connectivity index (χ1) is 11.0. The number of esters is 2. The largest absolute Gasteiger partial charge is 0.458 e. The summed E-state index contributed by atoms with van der Waals surface area (Å²) in [5.41, 5.74) is 2.24. The van der Waals surface area contributed by atoms with Crippen LogP contribution in [0.1, 0.15) is 54.5 Å². The van der Waals surface area contributed by atoms with Crippen molar-refractivity contribution < 1.29 is 19.1 Å². The summed E-state index contributed by atoms with van der Waals surface area (Å²) in [7, 11) is 0. The number of ether oxygens (including phenoxy) is 2. The fraction of sp³-hybridized carbons (Fsp3) is 0.263. The predicted molar refractivity (Wildman–Crippen MR) is 86.9 cm³/mol. The Morgan fingerprint density at radius 1 is 0.783 bits per heavy atom. The maximum atomic E-state index is 12.2. The molecule has 0 aliphatic heterocycles. The highest BCUT2D eigenvalue weighted by atomic mass is 16.5. The lowest BCUT2D eigenvalue weighted by molar-refractivity contribution is -0.145. The van der Waals surface area contributed by atoms with E-state index in [4.69, 9.17) is 9.47 Å². The Morgan fingerprint density at radius 3 is 1.87 bits per heavy atom. The van der Waals surface area contributed by atoms with Crippen molar-refractivity contribution in [2.24, 2.45) is 0 Å². The van der Waals surface area contributed by atoms with Crippen LogP contribution in [0, 0.1) is 0 Å². The summed E-state index contributed by atoms with van der Waals surface area (Å²) in [6, 6.07) is 16.4. The molecule has 0 spiro atoms. The molecule has 0 bridgehead atoms. The Bertz CT molecular complexity index is 662. The van der Waals surface area contributed by atoms with Crippen molar-refractivity contribution in [2.75, 3.05) is 0 Å². The van der Waals surface area contributed by atoms with E-state index in [-0.39, 0.29) is 24.1 Å². The third kappa shape index (κ3) is 4.68. The smallest absolute Gasteiger partial charge is 0.338 e. The van der Waals surface area contributed by atoms with E-state index >= 15 is 0 Å². The normalized spacial score (nSPS) is 13.0. The zero-order valence-corrected chi connectivity index (χ0v) is 13.5. The van der Waals surface area contributed by atoms with Crippen molar-refractivity contribution in [3.63, 3.8) is 0 Å². The molecule has 0 radical (unpaired) electrons. The predicted octanol–water partition coefficient (Wildman–Crippen LogP) is 4.23. The first kappa shape index (κ1) is 16.7. The maximum Gasteiger partial charge on any atom is 0.338 e. The highest BCUT2D eigenvalue weighted by Gasteiger charge is 2.15. The van der Waals surface area contributed by atoms with E-state index in [0.29, 0.717) is 5.56 Å². The third-order valence-electron chi connectivity index (χ3n) is 3.51. The van der Waals surface area contributed by atoms with Crippen LogP contribution in [0.2, 0.25) is 0 Å². The molecule has 2 aromatic rings. The Kier molecular flexibility index (Phi) is 5.52. The second-order valence-corrected chi connectivity index (χ2v) is 5.33. The lowest BCUT2D eigenvalue weighted by Crippen LogP contribution is -2.10. The molecule has 0 fully saturated rings. The Labute approximate surface area is 136 Å². The molecular weight excluding hydrogens is 292 g/mol. The summed E-state index contributed by atoms with van der Waals surface area (Å²) in [4.78, 5) is 23.1. The van der Waals surface area contributed by atoms with Crippen molar-refractivity contribution >= 4 is 11.9 Å². The summed E-state index contributed by atoms with van der Waals surface area (Å²) in [5, 5.41) is 0. The first-order valence-corrected chi connectivity index (χ1v) is 7.50. The second-order valence-electron chi connectivity index (χ2n) is 5.33. The van der Waals surface area contributed by atoms with E-state index in [2.05, 4.69) is 0 Å². The minimum absolute atomic E-state index is 0.316. The van der Waals surface area contributed by atoms with Crippen LogP contribution in [-0.2, 0) is 14.3 Å². The maximum absolute atomic E-state index is 12.2. The molecule has 0 aliphatic carbocycles. The Hall–Kier alpha value is -2.62.